The molecule has 0 aliphatic carbocycles. The Bertz CT molecular complexity index is 1230. The number of ether oxygens (including phenoxy) is 1. The van der Waals surface area contributed by atoms with E-state index in [0.717, 1.165) is 40.0 Å². The number of benzene rings is 2. The summed E-state index contributed by atoms with van der Waals surface area (Å²) >= 11 is 0. The number of furan rings is 1. The molecule has 0 saturated heterocycles. The van der Waals surface area contributed by atoms with Crippen molar-refractivity contribution in [2.24, 2.45) is 12.5 Å². The first-order chi connectivity index (χ1) is 12.8. The summed E-state index contributed by atoms with van der Waals surface area (Å²) in [6.45, 7) is 8.97. The minimum absolute atomic E-state index is 0.244. The molecule has 0 unspecified atom stereocenters. The molecule has 1 aliphatic heterocycles. The number of rotatable bonds is 1. The number of hydrogen-bond acceptors (Lipinski definition) is 2. The highest BCUT2D eigenvalue weighted by molar-refractivity contribution is 6.05. The highest BCUT2D eigenvalue weighted by Gasteiger charge is 2.32. The molecule has 27 heavy (non-hydrogen) atoms. The average Bonchev–Trinajstić information content (AvgIpc) is 3.00. The fourth-order valence-electron chi connectivity index (χ4n) is 4.29. The van der Waals surface area contributed by atoms with Gasteiger partial charge in [0.2, 0.25) is 5.75 Å². The van der Waals surface area contributed by atoms with E-state index in [9.17, 15) is 0 Å². The molecule has 5 rings (SSSR count). The average molecular weight is 358 g/mol. The third-order valence-corrected chi connectivity index (χ3v) is 5.36. The van der Waals surface area contributed by atoms with Gasteiger partial charge >= 0.3 is 0 Å². The van der Waals surface area contributed by atoms with Gasteiger partial charge in [-0.3, -0.25) is 0 Å². The van der Waals surface area contributed by atoms with E-state index >= 15 is 0 Å². The summed E-state index contributed by atoms with van der Waals surface area (Å²) in [7, 11) is 2.09. The van der Waals surface area contributed by atoms with E-state index in [1.165, 1.54) is 22.1 Å². The molecule has 0 fully saturated rings. The number of aryl methyl sites for hydroxylation is 2. The van der Waals surface area contributed by atoms with Crippen molar-refractivity contribution in [2.45, 2.75) is 34.1 Å². The molecule has 3 heterocycles. The zero-order valence-electron chi connectivity index (χ0n) is 16.5. The Balaban J connectivity index is 1.84. The Morgan fingerprint density at radius 1 is 1.07 bits per heavy atom. The molecule has 0 radical (unpaired) electrons. The summed E-state index contributed by atoms with van der Waals surface area (Å²) in [5.41, 5.74) is 6.01. The Labute approximate surface area is 159 Å². The zero-order chi connectivity index (χ0) is 18.9. The molecule has 0 saturated carbocycles. The molecule has 4 aromatic rings. The summed E-state index contributed by atoms with van der Waals surface area (Å²) in [4.78, 5) is 0. The SMILES string of the molecule is Cc1ccc2occ3c2c1-c1c(c2cc(CC(C)(C)C)ccc2c[n+]1C)O3. The minimum atomic E-state index is 0.244. The van der Waals surface area contributed by atoms with Crippen molar-refractivity contribution < 1.29 is 13.7 Å². The van der Waals surface area contributed by atoms with Crippen molar-refractivity contribution in [1.82, 2.24) is 0 Å². The molecular formula is C24H24NO2+. The number of aromatic nitrogens is 1. The first kappa shape index (κ1) is 16.4. The maximum atomic E-state index is 6.41. The van der Waals surface area contributed by atoms with Gasteiger partial charge in [-0.2, -0.15) is 4.57 Å². The summed E-state index contributed by atoms with van der Waals surface area (Å²) < 4.78 is 14.3. The van der Waals surface area contributed by atoms with E-state index < -0.39 is 0 Å². The molecule has 0 bridgehead atoms. The second-order valence-electron chi connectivity index (χ2n) is 8.91. The number of pyridine rings is 1. The molecule has 2 aromatic heterocycles. The second-order valence-corrected chi connectivity index (χ2v) is 8.91. The van der Waals surface area contributed by atoms with E-state index in [-0.39, 0.29) is 5.41 Å². The van der Waals surface area contributed by atoms with E-state index in [2.05, 4.69) is 69.8 Å². The van der Waals surface area contributed by atoms with E-state index in [1.54, 1.807) is 6.26 Å². The fraction of sp³-hybridized carbons (Fsp3) is 0.292. The molecule has 1 aliphatic rings. The maximum absolute atomic E-state index is 6.41. The van der Waals surface area contributed by atoms with E-state index in [4.69, 9.17) is 9.15 Å². The van der Waals surface area contributed by atoms with Crippen LogP contribution in [-0.2, 0) is 13.5 Å². The lowest BCUT2D eigenvalue weighted by atomic mass is 9.87. The lowest BCUT2D eigenvalue weighted by Gasteiger charge is -2.20. The molecule has 0 amide bonds. The summed E-state index contributed by atoms with van der Waals surface area (Å²) in [6.07, 6.45) is 4.96. The van der Waals surface area contributed by atoms with Gasteiger partial charge in [0.25, 0.3) is 5.69 Å². The van der Waals surface area contributed by atoms with Crippen LogP contribution in [0.15, 0.2) is 47.2 Å². The number of fused-ring (bicyclic) bond motifs is 4. The van der Waals surface area contributed by atoms with Crippen LogP contribution < -0.4 is 9.30 Å². The van der Waals surface area contributed by atoms with Gasteiger partial charge in [0.05, 0.1) is 10.9 Å². The minimum Gasteiger partial charge on any atom is -0.460 e. The third-order valence-electron chi connectivity index (χ3n) is 5.36. The van der Waals surface area contributed by atoms with Gasteiger partial charge < -0.3 is 9.15 Å². The fourth-order valence-corrected chi connectivity index (χ4v) is 4.29. The largest absolute Gasteiger partial charge is 0.460 e. The van der Waals surface area contributed by atoms with Crippen LogP contribution in [0.25, 0.3) is 33.0 Å². The van der Waals surface area contributed by atoms with Crippen LogP contribution in [0.4, 0.5) is 0 Å². The Morgan fingerprint density at radius 2 is 1.89 bits per heavy atom. The van der Waals surface area contributed by atoms with Gasteiger partial charge in [-0.25, -0.2) is 0 Å². The zero-order valence-corrected chi connectivity index (χ0v) is 16.5. The van der Waals surface area contributed by atoms with Crippen LogP contribution in [0, 0.1) is 12.3 Å². The molecule has 0 atom stereocenters. The smallest absolute Gasteiger partial charge is 0.257 e. The molecule has 2 aromatic carbocycles. The van der Waals surface area contributed by atoms with Gasteiger partial charge in [-0.05, 0) is 48.1 Å². The number of hydrogen-bond donors (Lipinski definition) is 0. The Morgan fingerprint density at radius 3 is 2.67 bits per heavy atom. The van der Waals surface area contributed by atoms with Crippen LogP contribution in [-0.4, -0.2) is 0 Å². The lowest BCUT2D eigenvalue weighted by Crippen LogP contribution is -2.32. The molecule has 0 N–H and O–H groups in total. The molecule has 0 spiro atoms. The maximum Gasteiger partial charge on any atom is 0.257 e. The lowest BCUT2D eigenvalue weighted by molar-refractivity contribution is -0.659. The van der Waals surface area contributed by atoms with Crippen molar-refractivity contribution in [3.63, 3.8) is 0 Å². The standard InChI is InChI=1S/C24H24NO2/c1-14-6-9-18-21-19(13-26-18)27-23-17-10-15(11-24(2,3)4)7-8-16(17)12-25(5)22(23)20(14)21/h6-10,12-13H,11H2,1-5H3/q+1. The molecule has 3 nitrogen and oxygen atoms in total. The van der Waals surface area contributed by atoms with Gasteiger partial charge in [0.15, 0.2) is 11.9 Å². The van der Waals surface area contributed by atoms with Crippen molar-refractivity contribution in [3.05, 3.63) is 53.9 Å². The van der Waals surface area contributed by atoms with Crippen molar-refractivity contribution in [2.75, 3.05) is 0 Å². The summed E-state index contributed by atoms with van der Waals surface area (Å²) in [5.74, 6) is 1.74. The van der Waals surface area contributed by atoms with E-state index in [1.807, 2.05) is 6.07 Å². The van der Waals surface area contributed by atoms with Crippen LogP contribution in [0.3, 0.4) is 0 Å². The van der Waals surface area contributed by atoms with Crippen LogP contribution in [0.1, 0.15) is 31.9 Å². The van der Waals surface area contributed by atoms with Crippen molar-refractivity contribution >= 4 is 21.7 Å². The van der Waals surface area contributed by atoms with Crippen LogP contribution in [0.5, 0.6) is 11.5 Å². The Hall–Kier alpha value is -2.81. The first-order valence-electron chi connectivity index (χ1n) is 9.46. The number of nitrogens with zero attached hydrogens (tertiary/aromatic N) is 1. The predicted molar refractivity (Wildman–Crippen MR) is 108 cm³/mol. The van der Waals surface area contributed by atoms with Gasteiger partial charge in [-0.1, -0.05) is 32.9 Å². The highest BCUT2D eigenvalue weighted by atomic mass is 16.5. The molecule has 136 valence electrons. The van der Waals surface area contributed by atoms with Crippen molar-refractivity contribution in [1.29, 1.82) is 0 Å². The van der Waals surface area contributed by atoms with Crippen molar-refractivity contribution in [3.8, 4) is 22.8 Å². The van der Waals surface area contributed by atoms with Gasteiger partial charge in [0, 0.05) is 10.8 Å². The summed E-state index contributed by atoms with van der Waals surface area (Å²) in [6, 6.07) is 10.9. The van der Waals surface area contributed by atoms with Gasteiger partial charge in [0.1, 0.15) is 18.9 Å². The van der Waals surface area contributed by atoms with E-state index in [0.29, 0.717) is 0 Å². The first-order valence-corrected chi connectivity index (χ1v) is 9.46. The normalized spacial score (nSPS) is 13.1. The molecular weight excluding hydrogens is 334 g/mol. The quantitative estimate of drug-likeness (QED) is 0.339. The molecule has 3 heteroatoms. The predicted octanol–water partition coefficient (Wildman–Crippen LogP) is 6.08. The highest BCUT2D eigenvalue weighted by Crippen LogP contribution is 2.49. The Kier molecular flexibility index (Phi) is 3.24. The van der Waals surface area contributed by atoms with Crippen LogP contribution >= 0.6 is 0 Å². The second kappa shape index (κ2) is 5.35. The summed E-state index contributed by atoms with van der Waals surface area (Å²) in [5, 5.41) is 3.42. The van der Waals surface area contributed by atoms with Crippen LogP contribution in [0.2, 0.25) is 0 Å². The monoisotopic (exact) mass is 358 g/mol. The van der Waals surface area contributed by atoms with Gasteiger partial charge in [-0.15, -0.1) is 0 Å². The topological polar surface area (TPSA) is 26.2 Å². The third kappa shape index (κ3) is 2.45.